The maximum absolute atomic E-state index is 11.9. The molecule has 0 aromatic carbocycles. The SMILES string of the molecule is CC(C)(C)S(=O)NC(=C1CC1)C1CC1. The van der Waals surface area contributed by atoms with E-state index in [1.807, 2.05) is 20.8 Å². The Bertz CT molecular complexity index is 291. The molecule has 0 saturated heterocycles. The summed E-state index contributed by atoms with van der Waals surface area (Å²) in [4.78, 5) is 0. The molecule has 0 spiro atoms. The maximum atomic E-state index is 11.9. The number of rotatable bonds is 3. The Morgan fingerprint density at radius 1 is 1.36 bits per heavy atom. The second-order valence-electron chi connectivity index (χ2n) is 5.27. The Kier molecular flexibility index (Phi) is 2.46. The smallest absolute Gasteiger partial charge is 0.122 e. The summed E-state index contributed by atoms with van der Waals surface area (Å²) in [5.41, 5.74) is 2.84. The van der Waals surface area contributed by atoms with Crippen molar-refractivity contribution in [1.82, 2.24) is 4.72 Å². The third-order valence-electron chi connectivity index (χ3n) is 2.63. The van der Waals surface area contributed by atoms with Crippen LogP contribution in [0.1, 0.15) is 46.5 Å². The lowest BCUT2D eigenvalue weighted by Gasteiger charge is -2.20. The molecule has 1 N–H and O–H groups in total. The van der Waals surface area contributed by atoms with E-state index in [0.717, 1.165) is 0 Å². The lowest BCUT2D eigenvalue weighted by molar-refractivity contribution is 0.639. The van der Waals surface area contributed by atoms with E-state index in [-0.39, 0.29) is 4.75 Å². The zero-order valence-electron chi connectivity index (χ0n) is 9.22. The first-order chi connectivity index (χ1) is 6.48. The summed E-state index contributed by atoms with van der Waals surface area (Å²) in [5, 5.41) is 0. The Morgan fingerprint density at radius 3 is 2.29 bits per heavy atom. The number of hydrogen-bond acceptors (Lipinski definition) is 1. The fourth-order valence-electron chi connectivity index (χ4n) is 1.40. The molecule has 2 nitrogen and oxygen atoms in total. The van der Waals surface area contributed by atoms with Crippen LogP contribution in [0.4, 0.5) is 0 Å². The van der Waals surface area contributed by atoms with Crippen LogP contribution in [0.25, 0.3) is 0 Å². The van der Waals surface area contributed by atoms with E-state index < -0.39 is 11.0 Å². The van der Waals surface area contributed by atoms with Crippen LogP contribution in [0.2, 0.25) is 0 Å². The minimum Gasteiger partial charge on any atom is -0.308 e. The molecule has 1 atom stereocenters. The summed E-state index contributed by atoms with van der Waals surface area (Å²) in [6, 6.07) is 0. The molecule has 0 amide bonds. The molecular weight excluding hydrogens is 194 g/mol. The lowest BCUT2D eigenvalue weighted by Crippen LogP contribution is -2.33. The van der Waals surface area contributed by atoms with Gasteiger partial charge in [0.25, 0.3) is 0 Å². The van der Waals surface area contributed by atoms with E-state index in [1.165, 1.54) is 37.0 Å². The first-order valence-corrected chi connectivity index (χ1v) is 6.54. The van der Waals surface area contributed by atoms with Gasteiger partial charge in [0.2, 0.25) is 0 Å². The van der Waals surface area contributed by atoms with Crippen LogP contribution in [0, 0.1) is 5.92 Å². The quantitative estimate of drug-likeness (QED) is 0.767. The minimum atomic E-state index is -0.936. The van der Waals surface area contributed by atoms with E-state index in [1.54, 1.807) is 0 Å². The first kappa shape index (κ1) is 10.2. The summed E-state index contributed by atoms with van der Waals surface area (Å²) in [7, 11) is -0.936. The lowest BCUT2D eigenvalue weighted by atomic mass is 10.3. The topological polar surface area (TPSA) is 29.1 Å². The molecule has 80 valence electrons. The summed E-state index contributed by atoms with van der Waals surface area (Å²) in [5.74, 6) is 0.707. The number of allylic oxidation sites excluding steroid dienone is 2. The van der Waals surface area contributed by atoms with Crippen molar-refractivity contribution in [2.75, 3.05) is 0 Å². The van der Waals surface area contributed by atoms with Crippen LogP contribution >= 0.6 is 0 Å². The number of nitrogens with one attached hydrogen (secondary N) is 1. The highest BCUT2D eigenvalue weighted by atomic mass is 32.2. The maximum Gasteiger partial charge on any atom is 0.122 e. The average molecular weight is 213 g/mol. The van der Waals surface area contributed by atoms with E-state index in [4.69, 9.17) is 0 Å². The van der Waals surface area contributed by atoms with E-state index in [2.05, 4.69) is 4.72 Å². The van der Waals surface area contributed by atoms with Crippen molar-refractivity contribution >= 4 is 11.0 Å². The molecule has 0 bridgehead atoms. The molecule has 2 saturated carbocycles. The molecule has 2 rings (SSSR count). The molecule has 3 heteroatoms. The molecule has 0 aliphatic heterocycles. The molecule has 2 fully saturated rings. The van der Waals surface area contributed by atoms with Gasteiger partial charge in [-0.3, -0.25) is 0 Å². The molecule has 1 unspecified atom stereocenters. The third-order valence-corrected chi connectivity index (χ3v) is 4.14. The fraction of sp³-hybridized carbons (Fsp3) is 0.818. The van der Waals surface area contributed by atoms with Crippen molar-refractivity contribution in [2.24, 2.45) is 5.92 Å². The normalized spacial score (nSPS) is 23.2. The van der Waals surface area contributed by atoms with Gasteiger partial charge in [0.15, 0.2) is 0 Å². The van der Waals surface area contributed by atoms with Crippen molar-refractivity contribution in [3.63, 3.8) is 0 Å². The minimum absolute atomic E-state index is 0.157. The average Bonchev–Trinajstić information content (AvgIpc) is 2.90. The summed E-state index contributed by atoms with van der Waals surface area (Å²) in [6.07, 6.45) is 5.01. The van der Waals surface area contributed by atoms with Crippen molar-refractivity contribution in [1.29, 1.82) is 0 Å². The van der Waals surface area contributed by atoms with Crippen molar-refractivity contribution in [2.45, 2.75) is 51.2 Å². The highest BCUT2D eigenvalue weighted by Gasteiger charge is 2.34. The molecule has 0 aromatic heterocycles. The van der Waals surface area contributed by atoms with Crippen molar-refractivity contribution in [3.05, 3.63) is 11.3 Å². The van der Waals surface area contributed by atoms with E-state index in [9.17, 15) is 4.21 Å². The number of hydrogen-bond donors (Lipinski definition) is 1. The van der Waals surface area contributed by atoms with Gasteiger partial charge in [0.1, 0.15) is 11.0 Å². The fourth-order valence-corrected chi connectivity index (χ4v) is 2.22. The van der Waals surface area contributed by atoms with Gasteiger partial charge in [0.05, 0.1) is 4.75 Å². The van der Waals surface area contributed by atoms with Gasteiger partial charge in [-0.15, -0.1) is 0 Å². The summed E-state index contributed by atoms with van der Waals surface area (Å²) >= 11 is 0. The van der Waals surface area contributed by atoms with Crippen LogP contribution in [-0.2, 0) is 11.0 Å². The molecule has 14 heavy (non-hydrogen) atoms. The standard InChI is InChI=1S/C11H19NOS/c1-11(2,3)14(13)12-10(8-4-5-8)9-6-7-9/h8,12H,4-7H2,1-3H3. The predicted octanol–water partition coefficient (Wildman–Crippen LogP) is 2.50. The first-order valence-electron chi connectivity index (χ1n) is 5.39. The Hall–Kier alpha value is -0.310. The zero-order chi connectivity index (χ0) is 10.3. The Labute approximate surface area is 88.7 Å². The van der Waals surface area contributed by atoms with Gasteiger partial charge >= 0.3 is 0 Å². The van der Waals surface area contributed by atoms with Gasteiger partial charge in [-0.25, -0.2) is 4.21 Å². The van der Waals surface area contributed by atoms with Gasteiger partial charge in [-0.2, -0.15) is 0 Å². The van der Waals surface area contributed by atoms with Crippen LogP contribution in [-0.4, -0.2) is 8.96 Å². The Morgan fingerprint density at radius 2 is 1.93 bits per heavy atom. The van der Waals surface area contributed by atoms with Gasteiger partial charge < -0.3 is 4.72 Å². The molecule has 0 radical (unpaired) electrons. The summed E-state index contributed by atoms with van der Waals surface area (Å²) in [6.45, 7) is 6.04. The van der Waals surface area contributed by atoms with E-state index in [0.29, 0.717) is 5.92 Å². The highest BCUT2D eigenvalue weighted by molar-refractivity contribution is 7.84. The van der Waals surface area contributed by atoms with Crippen LogP contribution in [0.15, 0.2) is 11.3 Å². The van der Waals surface area contributed by atoms with Crippen molar-refractivity contribution < 1.29 is 4.21 Å². The van der Waals surface area contributed by atoms with E-state index >= 15 is 0 Å². The Balaban J connectivity index is 2.02. The third kappa shape index (κ3) is 2.38. The van der Waals surface area contributed by atoms with Crippen LogP contribution < -0.4 is 4.72 Å². The molecular formula is C11H19NOS. The highest BCUT2D eigenvalue weighted by Crippen LogP contribution is 2.43. The monoisotopic (exact) mass is 213 g/mol. The zero-order valence-corrected chi connectivity index (χ0v) is 10.0. The van der Waals surface area contributed by atoms with Crippen LogP contribution in [0.3, 0.4) is 0 Å². The molecule has 2 aliphatic carbocycles. The molecule has 0 aromatic rings. The van der Waals surface area contributed by atoms with Crippen molar-refractivity contribution in [3.8, 4) is 0 Å². The van der Waals surface area contributed by atoms with Crippen LogP contribution in [0.5, 0.6) is 0 Å². The largest absolute Gasteiger partial charge is 0.308 e. The second kappa shape index (κ2) is 3.37. The van der Waals surface area contributed by atoms with Gasteiger partial charge in [0, 0.05) is 5.70 Å². The molecule has 0 heterocycles. The molecule has 2 aliphatic rings. The van der Waals surface area contributed by atoms with Gasteiger partial charge in [-0.1, -0.05) is 0 Å². The predicted molar refractivity (Wildman–Crippen MR) is 60.0 cm³/mol. The van der Waals surface area contributed by atoms with Gasteiger partial charge in [-0.05, 0) is 57.9 Å². The summed E-state index contributed by atoms with van der Waals surface area (Å²) < 4.78 is 15.0. The second-order valence-corrected chi connectivity index (χ2v) is 7.24.